The number of carbonyl (C=O) groups is 2. The molecular weight excluding hydrogens is 337 g/mol. The Morgan fingerprint density at radius 2 is 1.88 bits per heavy atom. The van der Waals surface area contributed by atoms with Gasteiger partial charge in [0.25, 0.3) is 5.91 Å². The van der Waals surface area contributed by atoms with Crippen molar-refractivity contribution in [3.05, 3.63) is 58.9 Å². The van der Waals surface area contributed by atoms with Crippen LogP contribution in [0, 0.1) is 5.82 Å². The van der Waals surface area contributed by atoms with Gasteiger partial charge in [0, 0.05) is 10.7 Å². The third-order valence-corrected chi connectivity index (χ3v) is 3.17. The molecule has 0 aliphatic heterocycles. The van der Waals surface area contributed by atoms with Crippen LogP contribution in [0.5, 0.6) is 5.75 Å². The van der Waals surface area contributed by atoms with Crippen LogP contribution in [0.15, 0.2) is 42.5 Å². The summed E-state index contributed by atoms with van der Waals surface area (Å²) in [6.07, 6.45) is 0. The minimum absolute atomic E-state index is 0.196. The van der Waals surface area contributed by atoms with Gasteiger partial charge in [-0.25, -0.2) is 9.18 Å². The fraction of sp³-hybridized carbons (Fsp3) is 0.176. The minimum Gasteiger partial charge on any atom is -0.494 e. The highest BCUT2D eigenvalue weighted by Crippen LogP contribution is 2.17. The molecule has 2 aromatic carbocycles. The third-order valence-electron chi connectivity index (χ3n) is 2.93. The van der Waals surface area contributed by atoms with E-state index in [1.54, 1.807) is 24.3 Å². The van der Waals surface area contributed by atoms with Gasteiger partial charge in [-0.05, 0) is 49.4 Å². The standard InChI is InChI=1S/C17H15ClFNO4/c1-2-23-13-6-4-12(5-7-13)20-16(21)10-24-17(22)14-9-11(18)3-8-15(14)19/h3-9H,2,10H2,1H3,(H,20,21). The van der Waals surface area contributed by atoms with Crippen molar-refractivity contribution in [3.63, 3.8) is 0 Å². The maximum atomic E-state index is 13.5. The molecule has 0 bridgehead atoms. The molecule has 5 nitrogen and oxygen atoms in total. The van der Waals surface area contributed by atoms with Crippen molar-refractivity contribution >= 4 is 29.2 Å². The molecular formula is C17H15ClFNO4. The van der Waals surface area contributed by atoms with E-state index in [1.165, 1.54) is 6.07 Å². The molecule has 0 saturated carbocycles. The van der Waals surface area contributed by atoms with Crippen LogP contribution in [0.4, 0.5) is 10.1 Å². The molecule has 0 radical (unpaired) electrons. The Bertz CT molecular complexity index is 734. The second-order valence-corrected chi connectivity index (χ2v) is 5.14. The van der Waals surface area contributed by atoms with E-state index in [2.05, 4.69) is 5.32 Å². The topological polar surface area (TPSA) is 64.6 Å². The first-order chi connectivity index (χ1) is 11.5. The number of rotatable bonds is 6. The number of halogens is 2. The van der Waals surface area contributed by atoms with Gasteiger partial charge < -0.3 is 14.8 Å². The fourth-order valence-electron chi connectivity index (χ4n) is 1.86. The van der Waals surface area contributed by atoms with E-state index < -0.39 is 24.3 Å². The largest absolute Gasteiger partial charge is 0.494 e. The summed E-state index contributed by atoms with van der Waals surface area (Å²) in [4.78, 5) is 23.5. The molecule has 0 aliphatic carbocycles. The van der Waals surface area contributed by atoms with Crippen LogP contribution in [0.1, 0.15) is 17.3 Å². The lowest BCUT2D eigenvalue weighted by Gasteiger charge is -2.08. The number of nitrogens with one attached hydrogen (secondary N) is 1. The van der Waals surface area contributed by atoms with Gasteiger partial charge in [0.2, 0.25) is 0 Å². The van der Waals surface area contributed by atoms with Gasteiger partial charge in [-0.15, -0.1) is 0 Å². The molecule has 126 valence electrons. The first-order valence-electron chi connectivity index (χ1n) is 7.14. The first kappa shape index (κ1) is 17.7. The van der Waals surface area contributed by atoms with E-state index in [-0.39, 0.29) is 10.6 Å². The molecule has 0 unspecified atom stereocenters. The number of hydrogen-bond acceptors (Lipinski definition) is 4. The first-order valence-corrected chi connectivity index (χ1v) is 7.52. The zero-order chi connectivity index (χ0) is 17.5. The van der Waals surface area contributed by atoms with Crippen molar-refractivity contribution in [3.8, 4) is 5.75 Å². The maximum Gasteiger partial charge on any atom is 0.341 e. The highest BCUT2D eigenvalue weighted by molar-refractivity contribution is 6.30. The molecule has 2 rings (SSSR count). The summed E-state index contributed by atoms with van der Waals surface area (Å²) in [6, 6.07) is 10.2. The smallest absolute Gasteiger partial charge is 0.341 e. The molecule has 0 atom stereocenters. The molecule has 1 N–H and O–H groups in total. The molecule has 0 heterocycles. The number of anilines is 1. The Balaban J connectivity index is 1.88. The molecule has 24 heavy (non-hydrogen) atoms. The highest BCUT2D eigenvalue weighted by Gasteiger charge is 2.15. The quantitative estimate of drug-likeness (QED) is 0.806. The number of ether oxygens (including phenoxy) is 2. The zero-order valence-electron chi connectivity index (χ0n) is 12.8. The molecule has 2 aromatic rings. The van der Waals surface area contributed by atoms with Gasteiger partial charge in [-0.3, -0.25) is 4.79 Å². The molecule has 0 aliphatic rings. The Hall–Kier alpha value is -2.60. The number of benzene rings is 2. The van der Waals surface area contributed by atoms with E-state index in [9.17, 15) is 14.0 Å². The van der Waals surface area contributed by atoms with Gasteiger partial charge in [-0.2, -0.15) is 0 Å². The van der Waals surface area contributed by atoms with E-state index in [0.29, 0.717) is 18.0 Å². The predicted molar refractivity (Wildman–Crippen MR) is 87.9 cm³/mol. The summed E-state index contributed by atoms with van der Waals surface area (Å²) < 4.78 is 23.6. The molecule has 0 fully saturated rings. The molecule has 0 saturated heterocycles. The van der Waals surface area contributed by atoms with Crippen LogP contribution in [-0.4, -0.2) is 25.1 Å². The summed E-state index contributed by atoms with van der Waals surface area (Å²) in [5.41, 5.74) is 0.199. The van der Waals surface area contributed by atoms with Gasteiger partial charge >= 0.3 is 5.97 Å². The summed E-state index contributed by atoms with van der Waals surface area (Å²) >= 11 is 5.70. The van der Waals surface area contributed by atoms with Crippen LogP contribution >= 0.6 is 11.6 Å². The average molecular weight is 352 g/mol. The van der Waals surface area contributed by atoms with Crippen LogP contribution in [0.25, 0.3) is 0 Å². The van der Waals surface area contributed by atoms with Gasteiger partial charge in [0.1, 0.15) is 11.6 Å². The number of carbonyl (C=O) groups excluding carboxylic acids is 2. The van der Waals surface area contributed by atoms with Gasteiger partial charge in [-0.1, -0.05) is 11.6 Å². The van der Waals surface area contributed by atoms with Crippen LogP contribution in [0.3, 0.4) is 0 Å². The highest BCUT2D eigenvalue weighted by atomic mass is 35.5. The average Bonchev–Trinajstić information content (AvgIpc) is 2.57. The summed E-state index contributed by atoms with van der Waals surface area (Å²) in [5.74, 6) is -1.60. The Morgan fingerprint density at radius 1 is 1.17 bits per heavy atom. The maximum absolute atomic E-state index is 13.5. The Labute approximate surface area is 143 Å². The monoisotopic (exact) mass is 351 g/mol. The Morgan fingerprint density at radius 3 is 2.54 bits per heavy atom. The number of amides is 1. The molecule has 1 amide bonds. The van der Waals surface area contributed by atoms with Crippen molar-refractivity contribution < 1.29 is 23.5 Å². The van der Waals surface area contributed by atoms with Crippen molar-refractivity contribution in [1.82, 2.24) is 0 Å². The molecule has 0 spiro atoms. The SMILES string of the molecule is CCOc1ccc(NC(=O)COC(=O)c2cc(Cl)ccc2F)cc1. The van der Waals surface area contributed by atoms with Crippen molar-refractivity contribution in [2.45, 2.75) is 6.92 Å². The van der Waals surface area contributed by atoms with Crippen LogP contribution in [-0.2, 0) is 9.53 Å². The van der Waals surface area contributed by atoms with Crippen molar-refractivity contribution in [1.29, 1.82) is 0 Å². The van der Waals surface area contributed by atoms with Crippen molar-refractivity contribution in [2.75, 3.05) is 18.5 Å². The van der Waals surface area contributed by atoms with Gasteiger partial charge in [0.05, 0.1) is 12.2 Å². The minimum atomic E-state index is -0.961. The number of esters is 1. The van der Waals surface area contributed by atoms with Crippen molar-refractivity contribution in [2.24, 2.45) is 0 Å². The molecule has 7 heteroatoms. The van der Waals surface area contributed by atoms with Gasteiger partial charge in [0.15, 0.2) is 6.61 Å². The molecule has 0 aromatic heterocycles. The second kappa shape index (κ2) is 8.31. The van der Waals surface area contributed by atoms with Crippen LogP contribution < -0.4 is 10.1 Å². The summed E-state index contributed by atoms with van der Waals surface area (Å²) in [5, 5.41) is 2.75. The number of hydrogen-bond donors (Lipinski definition) is 1. The Kier molecular flexibility index (Phi) is 6.14. The van der Waals surface area contributed by atoms with E-state index in [1.807, 2.05) is 6.92 Å². The van der Waals surface area contributed by atoms with E-state index >= 15 is 0 Å². The zero-order valence-corrected chi connectivity index (χ0v) is 13.6. The lowest BCUT2D eigenvalue weighted by molar-refractivity contribution is -0.119. The predicted octanol–water partition coefficient (Wildman–Crippen LogP) is 3.67. The lowest BCUT2D eigenvalue weighted by Crippen LogP contribution is -2.21. The normalized spacial score (nSPS) is 10.1. The van der Waals surface area contributed by atoms with E-state index in [4.69, 9.17) is 21.1 Å². The lowest BCUT2D eigenvalue weighted by atomic mass is 10.2. The van der Waals surface area contributed by atoms with E-state index in [0.717, 1.165) is 12.1 Å². The summed E-state index contributed by atoms with van der Waals surface area (Å²) in [6.45, 7) is 1.87. The second-order valence-electron chi connectivity index (χ2n) is 4.71. The fourth-order valence-corrected chi connectivity index (χ4v) is 2.03. The summed E-state index contributed by atoms with van der Waals surface area (Å²) in [7, 11) is 0. The third kappa shape index (κ3) is 4.96. The van der Waals surface area contributed by atoms with Crippen LogP contribution in [0.2, 0.25) is 5.02 Å².